The molecule has 0 bridgehead atoms. The molecule has 2 aromatic rings. The summed E-state index contributed by atoms with van der Waals surface area (Å²) in [6, 6.07) is 8.17. The zero-order valence-corrected chi connectivity index (χ0v) is 12.8. The molecule has 1 aliphatic rings. The van der Waals surface area contributed by atoms with E-state index in [-0.39, 0.29) is 6.10 Å². The van der Waals surface area contributed by atoms with Crippen molar-refractivity contribution in [2.45, 2.75) is 26.1 Å². The van der Waals surface area contributed by atoms with Crippen molar-refractivity contribution in [1.82, 2.24) is 5.32 Å². The van der Waals surface area contributed by atoms with Crippen molar-refractivity contribution < 1.29 is 5.11 Å². The molecule has 0 amide bonds. The molecule has 21 heavy (non-hydrogen) atoms. The predicted molar refractivity (Wildman–Crippen MR) is 87.4 cm³/mol. The lowest BCUT2D eigenvalue weighted by Gasteiger charge is -2.12. The topological polar surface area (TPSA) is 68.1 Å². The van der Waals surface area contributed by atoms with Crippen molar-refractivity contribution in [3.63, 3.8) is 0 Å². The van der Waals surface area contributed by atoms with Crippen LogP contribution in [0.5, 0.6) is 0 Å². The number of hydrogen-bond acceptors (Lipinski definition) is 5. The Labute approximate surface area is 128 Å². The maximum absolute atomic E-state index is 9.27. The molecule has 4 nitrogen and oxygen atoms in total. The summed E-state index contributed by atoms with van der Waals surface area (Å²) in [4.78, 5) is 1.21. The third kappa shape index (κ3) is 3.00. The summed E-state index contributed by atoms with van der Waals surface area (Å²) in [6.07, 6.45) is -0.340. The summed E-state index contributed by atoms with van der Waals surface area (Å²) in [5, 5.41) is 26.4. The van der Waals surface area contributed by atoms with E-state index in [0.717, 1.165) is 35.5 Å². The molecule has 5 heteroatoms. The zero-order valence-electron chi connectivity index (χ0n) is 11.9. The third-order valence-electron chi connectivity index (χ3n) is 3.58. The van der Waals surface area contributed by atoms with Crippen LogP contribution in [0.4, 0.5) is 5.69 Å². The van der Waals surface area contributed by atoms with E-state index < -0.39 is 0 Å². The Balaban J connectivity index is 1.81. The highest BCUT2D eigenvalue weighted by Crippen LogP contribution is 2.29. The maximum atomic E-state index is 9.27. The first-order valence-electron chi connectivity index (χ1n) is 7.06. The second kappa shape index (κ2) is 5.97. The summed E-state index contributed by atoms with van der Waals surface area (Å²) >= 11 is 1.69. The highest BCUT2D eigenvalue weighted by atomic mass is 32.1. The molecule has 4 N–H and O–H groups in total. The first kappa shape index (κ1) is 14.3. The molecule has 1 aromatic heterocycles. The molecule has 0 saturated heterocycles. The lowest BCUT2D eigenvalue weighted by molar-refractivity contribution is 0.191. The van der Waals surface area contributed by atoms with Gasteiger partial charge >= 0.3 is 0 Å². The molecule has 1 aliphatic heterocycles. The summed E-state index contributed by atoms with van der Waals surface area (Å²) in [5.41, 5.74) is 4.74. The Morgan fingerprint density at radius 2 is 2.24 bits per heavy atom. The second-order valence-electron chi connectivity index (χ2n) is 5.35. The minimum absolute atomic E-state index is 0.340. The monoisotopic (exact) mass is 301 g/mol. The number of hydrogen-bond donors (Lipinski definition) is 4. The highest BCUT2D eigenvalue weighted by Gasteiger charge is 2.18. The van der Waals surface area contributed by atoms with Gasteiger partial charge in [0.2, 0.25) is 0 Å². The summed E-state index contributed by atoms with van der Waals surface area (Å²) in [5.74, 6) is 0. The fourth-order valence-corrected chi connectivity index (χ4v) is 3.33. The van der Waals surface area contributed by atoms with Gasteiger partial charge in [-0.05, 0) is 30.0 Å². The van der Waals surface area contributed by atoms with E-state index in [9.17, 15) is 5.11 Å². The Bertz CT molecular complexity index is 663. The molecular weight excluding hydrogens is 282 g/mol. The van der Waals surface area contributed by atoms with Gasteiger partial charge in [-0.1, -0.05) is 12.1 Å². The van der Waals surface area contributed by atoms with E-state index in [2.05, 4.69) is 16.7 Å². The van der Waals surface area contributed by atoms with Crippen LogP contribution in [0.1, 0.15) is 28.5 Å². The van der Waals surface area contributed by atoms with E-state index >= 15 is 0 Å². The van der Waals surface area contributed by atoms with Gasteiger partial charge in [-0.3, -0.25) is 5.41 Å². The molecule has 1 aromatic carbocycles. The van der Waals surface area contributed by atoms with Gasteiger partial charge in [-0.15, -0.1) is 11.3 Å². The van der Waals surface area contributed by atoms with Crippen LogP contribution in [-0.4, -0.2) is 23.5 Å². The maximum Gasteiger partial charge on any atom is 0.0717 e. The van der Waals surface area contributed by atoms with Gasteiger partial charge in [0.25, 0.3) is 0 Å². The minimum Gasteiger partial charge on any atom is -0.392 e. The molecule has 0 radical (unpaired) electrons. The predicted octanol–water partition coefficient (Wildman–Crippen LogP) is 2.56. The van der Waals surface area contributed by atoms with E-state index in [0.29, 0.717) is 12.3 Å². The van der Waals surface area contributed by atoms with Gasteiger partial charge in [0.05, 0.1) is 18.4 Å². The van der Waals surface area contributed by atoms with Crippen LogP contribution >= 0.6 is 11.3 Å². The smallest absolute Gasteiger partial charge is 0.0717 e. The van der Waals surface area contributed by atoms with Crippen molar-refractivity contribution in [3.8, 4) is 0 Å². The molecular formula is C16H19N3OS. The number of aliphatic hydroxyl groups is 1. The fraction of sp³-hybridized carbons (Fsp3) is 0.312. The number of thiophene rings is 1. The first-order valence-corrected chi connectivity index (χ1v) is 7.94. The number of aliphatic hydroxyl groups excluding tert-OH is 1. The summed E-state index contributed by atoms with van der Waals surface area (Å²) in [7, 11) is 0. The van der Waals surface area contributed by atoms with Crippen LogP contribution in [0.25, 0.3) is 0 Å². The molecule has 1 unspecified atom stereocenters. The number of benzene rings is 1. The van der Waals surface area contributed by atoms with Crippen LogP contribution in [0.2, 0.25) is 0 Å². The van der Waals surface area contributed by atoms with Crippen molar-refractivity contribution in [3.05, 3.63) is 51.2 Å². The molecule has 0 saturated carbocycles. The standard InChI is InChI=1S/C16H19N3OS/c1-10(20)7-18-8-11-2-3-12-14(6-11)19-9-15-13(16(12)17)4-5-21-15/h2-6,10,17-20H,7-9H2,1H3. The molecule has 2 heterocycles. The average Bonchev–Trinajstić information content (AvgIpc) is 2.88. The molecule has 0 aliphatic carbocycles. The van der Waals surface area contributed by atoms with Crippen molar-refractivity contribution in [2.75, 3.05) is 11.9 Å². The van der Waals surface area contributed by atoms with Gasteiger partial charge in [0.15, 0.2) is 0 Å². The Kier molecular flexibility index (Phi) is 4.05. The lowest BCUT2D eigenvalue weighted by atomic mass is 10.0. The Morgan fingerprint density at radius 3 is 3.05 bits per heavy atom. The number of nitrogens with one attached hydrogen (secondary N) is 3. The summed E-state index contributed by atoms with van der Waals surface area (Å²) < 4.78 is 0. The van der Waals surface area contributed by atoms with Crippen LogP contribution < -0.4 is 10.6 Å². The Hall–Kier alpha value is -1.69. The van der Waals surface area contributed by atoms with Crippen LogP contribution in [-0.2, 0) is 13.1 Å². The average molecular weight is 301 g/mol. The molecule has 1 atom stereocenters. The molecule has 110 valence electrons. The Morgan fingerprint density at radius 1 is 1.38 bits per heavy atom. The largest absolute Gasteiger partial charge is 0.392 e. The van der Waals surface area contributed by atoms with E-state index in [1.807, 2.05) is 23.6 Å². The number of anilines is 1. The quantitative estimate of drug-likeness (QED) is 0.701. The van der Waals surface area contributed by atoms with E-state index in [1.165, 1.54) is 4.88 Å². The minimum atomic E-state index is -0.340. The van der Waals surface area contributed by atoms with Crippen molar-refractivity contribution >= 4 is 22.7 Å². The van der Waals surface area contributed by atoms with E-state index in [1.54, 1.807) is 18.3 Å². The normalized spacial score (nSPS) is 14.9. The lowest BCUT2D eigenvalue weighted by Crippen LogP contribution is -2.23. The summed E-state index contributed by atoms with van der Waals surface area (Å²) in [6.45, 7) is 3.84. The van der Waals surface area contributed by atoms with Gasteiger partial charge in [-0.2, -0.15) is 0 Å². The van der Waals surface area contributed by atoms with Gasteiger partial charge in [0, 0.05) is 34.8 Å². The molecule has 0 fully saturated rings. The van der Waals surface area contributed by atoms with Crippen LogP contribution in [0, 0.1) is 5.41 Å². The SMILES string of the molecule is CC(O)CNCc1ccc2c(c1)NCc1sccc1C2=N. The zero-order chi connectivity index (χ0) is 14.8. The molecule has 3 rings (SSSR count). The first-order chi connectivity index (χ1) is 10.1. The van der Waals surface area contributed by atoms with Crippen LogP contribution in [0.3, 0.4) is 0 Å². The van der Waals surface area contributed by atoms with Gasteiger partial charge < -0.3 is 15.7 Å². The van der Waals surface area contributed by atoms with Crippen LogP contribution in [0.15, 0.2) is 29.6 Å². The van der Waals surface area contributed by atoms with Gasteiger partial charge in [0.1, 0.15) is 0 Å². The second-order valence-corrected chi connectivity index (χ2v) is 6.35. The third-order valence-corrected chi connectivity index (χ3v) is 4.50. The van der Waals surface area contributed by atoms with E-state index in [4.69, 9.17) is 5.41 Å². The van der Waals surface area contributed by atoms with Crippen molar-refractivity contribution in [1.29, 1.82) is 5.41 Å². The number of rotatable bonds is 4. The van der Waals surface area contributed by atoms with Gasteiger partial charge in [-0.25, -0.2) is 0 Å². The van der Waals surface area contributed by atoms with Crippen molar-refractivity contribution in [2.24, 2.45) is 0 Å². The molecule has 0 spiro atoms. The highest BCUT2D eigenvalue weighted by molar-refractivity contribution is 7.10. The fourth-order valence-electron chi connectivity index (χ4n) is 2.51. The number of fused-ring (bicyclic) bond motifs is 2.